The molecular weight excluding hydrogens is 562 g/mol. The molecule has 0 amide bonds. The predicted octanol–water partition coefficient (Wildman–Crippen LogP) is 1.91. The smallest absolute Gasteiger partial charge is 0.387 e. The van der Waals surface area contributed by atoms with Crippen molar-refractivity contribution < 1.29 is 47.6 Å². The second-order valence-corrected chi connectivity index (χ2v) is 12.0. The summed E-state index contributed by atoms with van der Waals surface area (Å²) in [5.74, 6) is -0.342. The summed E-state index contributed by atoms with van der Waals surface area (Å²) in [6, 6.07) is 15.5. The molecule has 0 saturated carbocycles. The normalized spacial score (nSPS) is 24.7. The minimum absolute atomic E-state index is 0.173. The summed E-state index contributed by atoms with van der Waals surface area (Å²) in [7, 11) is -10.6. The standard InChI is InChI=1S/C22H22N2O11P2S/c25-18-16(10-33-37(31,32)35-36(28,29)30)34-21(19(18)26)24-9-15(20(38)23-22(24)27)17-13-7-3-1-5-11(13)12-6-2-4-8-14(12)17/h1-9,16-19,21,25-26H,10H2,(H,31,32)(H,23,27,38)(H2,28,29,30)/t16-,18-,19-,21-/m1/s1. The number of aliphatic hydroxyl groups excluding tert-OH is 2. The van der Waals surface area contributed by atoms with Crippen LogP contribution in [0.1, 0.15) is 28.8 Å². The van der Waals surface area contributed by atoms with Crippen LogP contribution >= 0.6 is 27.9 Å². The molecule has 5 atom stereocenters. The maximum atomic E-state index is 12.9. The first-order valence-corrected chi connectivity index (χ1v) is 14.6. The van der Waals surface area contributed by atoms with Gasteiger partial charge in [0, 0.05) is 17.7 Å². The highest BCUT2D eigenvalue weighted by atomic mass is 32.1. The second-order valence-electron chi connectivity index (χ2n) is 8.74. The highest BCUT2D eigenvalue weighted by Crippen LogP contribution is 2.57. The molecule has 5 rings (SSSR count). The molecule has 1 fully saturated rings. The van der Waals surface area contributed by atoms with E-state index in [9.17, 15) is 29.0 Å². The molecule has 2 heterocycles. The molecule has 6 N–H and O–H groups in total. The average Bonchev–Trinajstić information content (AvgIpc) is 3.31. The van der Waals surface area contributed by atoms with E-state index >= 15 is 0 Å². The molecule has 1 aliphatic heterocycles. The molecule has 1 unspecified atom stereocenters. The first-order chi connectivity index (χ1) is 17.9. The fourth-order valence-corrected chi connectivity index (χ4v) is 6.67. The molecule has 1 aliphatic carbocycles. The topological polar surface area (TPSA) is 201 Å². The monoisotopic (exact) mass is 584 g/mol. The zero-order valence-corrected chi connectivity index (χ0v) is 21.8. The second kappa shape index (κ2) is 10.0. The third-order valence-electron chi connectivity index (χ3n) is 6.36. The number of hydrogen-bond donors (Lipinski definition) is 6. The molecule has 202 valence electrons. The van der Waals surface area contributed by atoms with Crippen LogP contribution in [-0.2, 0) is 22.7 Å². The van der Waals surface area contributed by atoms with Gasteiger partial charge in [0.2, 0.25) is 0 Å². The van der Waals surface area contributed by atoms with E-state index < -0.39 is 52.5 Å². The van der Waals surface area contributed by atoms with Crippen LogP contribution in [0.25, 0.3) is 11.1 Å². The number of benzene rings is 2. The van der Waals surface area contributed by atoms with Gasteiger partial charge in [-0.25, -0.2) is 13.9 Å². The molecule has 0 radical (unpaired) electrons. The van der Waals surface area contributed by atoms with Gasteiger partial charge in [-0.15, -0.1) is 0 Å². The van der Waals surface area contributed by atoms with Crippen molar-refractivity contribution >= 4 is 27.9 Å². The van der Waals surface area contributed by atoms with E-state index in [0.29, 0.717) is 5.56 Å². The average molecular weight is 584 g/mol. The van der Waals surface area contributed by atoms with Gasteiger partial charge in [0.1, 0.15) is 23.0 Å². The minimum atomic E-state index is -5.36. The van der Waals surface area contributed by atoms with Crippen molar-refractivity contribution in [3.05, 3.63) is 86.5 Å². The zero-order valence-electron chi connectivity index (χ0n) is 19.2. The van der Waals surface area contributed by atoms with Gasteiger partial charge in [-0.2, -0.15) is 4.31 Å². The third-order valence-corrected chi connectivity index (χ3v) is 8.85. The fraction of sp³-hybridized carbons (Fsp3) is 0.273. The number of ether oxygens (including phenoxy) is 1. The van der Waals surface area contributed by atoms with Gasteiger partial charge >= 0.3 is 21.3 Å². The summed E-state index contributed by atoms with van der Waals surface area (Å²) in [5, 5.41) is 21.1. The Hall–Kier alpha value is -2.32. The molecule has 0 spiro atoms. The van der Waals surface area contributed by atoms with Crippen LogP contribution in [-0.4, -0.2) is 59.4 Å². The number of phosphoric acid groups is 2. The number of hydrogen-bond acceptors (Lipinski definition) is 9. The van der Waals surface area contributed by atoms with Crippen molar-refractivity contribution in [2.24, 2.45) is 0 Å². The van der Waals surface area contributed by atoms with Crippen molar-refractivity contribution in [2.45, 2.75) is 30.5 Å². The van der Waals surface area contributed by atoms with Crippen molar-refractivity contribution in [2.75, 3.05) is 6.61 Å². The quantitative estimate of drug-likeness (QED) is 0.136. The lowest BCUT2D eigenvalue weighted by molar-refractivity contribution is -0.0543. The van der Waals surface area contributed by atoms with E-state index in [1.807, 2.05) is 48.5 Å². The zero-order chi connectivity index (χ0) is 27.4. The third kappa shape index (κ3) is 5.14. The van der Waals surface area contributed by atoms with Crippen LogP contribution in [0.3, 0.4) is 0 Å². The molecular formula is C22H22N2O11P2S. The molecule has 1 aromatic heterocycles. The minimum Gasteiger partial charge on any atom is -0.387 e. The Morgan fingerprint density at radius 3 is 2.11 bits per heavy atom. The Labute approximate surface area is 219 Å². The number of aromatic nitrogens is 2. The molecule has 13 nitrogen and oxygen atoms in total. The fourth-order valence-electron chi connectivity index (χ4n) is 4.81. The maximum Gasteiger partial charge on any atom is 0.481 e. The molecule has 2 aromatic carbocycles. The predicted molar refractivity (Wildman–Crippen MR) is 134 cm³/mol. The molecule has 3 aromatic rings. The van der Waals surface area contributed by atoms with Crippen molar-refractivity contribution in [1.82, 2.24) is 9.55 Å². The number of rotatable bonds is 7. The van der Waals surface area contributed by atoms with Crippen molar-refractivity contribution in [1.29, 1.82) is 0 Å². The van der Waals surface area contributed by atoms with Crippen molar-refractivity contribution in [3.63, 3.8) is 0 Å². The molecule has 2 aliphatic rings. The molecule has 38 heavy (non-hydrogen) atoms. The van der Waals surface area contributed by atoms with E-state index in [2.05, 4.69) is 13.8 Å². The number of fused-ring (bicyclic) bond motifs is 3. The van der Waals surface area contributed by atoms with Crippen molar-refractivity contribution in [3.8, 4) is 11.1 Å². The number of H-pyrrole nitrogens is 1. The number of aliphatic hydroxyl groups is 2. The summed E-state index contributed by atoms with van der Waals surface area (Å²) in [5.41, 5.74) is 3.74. The maximum absolute atomic E-state index is 12.9. The Morgan fingerprint density at radius 2 is 1.53 bits per heavy atom. The highest BCUT2D eigenvalue weighted by molar-refractivity contribution is 7.71. The van der Waals surface area contributed by atoms with Gasteiger partial charge < -0.3 is 29.6 Å². The van der Waals surface area contributed by atoms with E-state index in [1.54, 1.807) is 0 Å². The summed E-state index contributed by atoms with van der Waals surface area (Å²) >= 11 is 5.49. The lowest BCUT2D eigenvalue weighted by Crippen LogP contribution is -2.36. The van der Waals surface area contributed by atoms with Gasteiger partial charge in [0.05, 0.1) is 6.61 Å². The highest BCUT2D eigenvalue weighted by Gasteiger charge is 2.46. The first kappa shape index (κ1) is 27.3. The van der Waals surface area contributed by atoms with Crippen LogP contribution in [0.5, 0.6) is 0 Å². The number of nitrogens with zero attached hydrogens (tertiary/aromatic N) is 1. The summed E-state index contributed by atoms with van der Waals surface area (Å²) < 4.78 is 37.6. The Bertz CT molecular complexity index is 1560. The van der Waals surface area contributed by atoms with Crippen LogP contribution in [0.15, 0.2) is 59.5 Å². The Kier molecular flexibility index (Phi) is 7.18. The largest absolute Gasteiger partial charge is 0.481 e. The van der Waals surface area contributed by atoms with E-state index in [-0.39, 0.29) is 10.6 Å². The Morgan fingerprint density at radius 1 is 0.947 bits per heavy atom. The SMILES string of the molecule is O=c1[nH]c(=S)c(C2c3ccccc3-c3ccccc32)cn1[C@@H]1O[C@H](COP(=O)(O)OP(=O)(O)O)[C@@H](O)[C@H]1O. The number of nitrogens with one attached hydrogen (secondary N) is 1. The van der Waals surface area contributed by atoms with E-state index in [1.165, 1.54) is 6.20 Å². The van der Waals surface area contributed by atoms with Gasteiger partial charge in [-0.1, -0.05) is 60.7 Å². The Balaban J connectivity index is 1.47. The summed E-state index contributed by atoms with van der Waals surface area (Å²) in [6.07, 6.45) is -4.85. The number of phosphoric ester groups is 1. The van der Waals surface area contributed by atoms with Crippen LogP contribution in [0.2, 0.25) is 0 Å². The van der Waals surface area contributed by atoms with Crippen LogP contribution < -0.4 is 5.69 Å². The van der Waals surface area contributed by atoms with Gasteiger partial charge in [0.25, 0.3) is 0 Å². The lowest BCUT2D eigenvalue weighted by Gasteiger charge is -2.21. The van der Waals surface area contributed by atoms with Gasteiger partial charge in [0.15, 0.2) is 6.23 Å². The van der Waals surface area contributed by atoms with Gasteiger partial charge in [-0.05, 0) is 22.3 Å². The van der Waals surface area contributed by atoms with Gasteiger partial charge in [-0.3, -0.25) is 14.1 Å². The number of aromatic amines is 1. The summed E-state index contributed by atoms with van der Waals surface area (Å²) in [6.45, 7) is -0.893. The first-order valence-electron chi connectivity index (χ1n) is 11.2. The molecule has 1 saturated heterocycles. The van der Waals surface area contributed by atoms with Crippen LogP contribution in [0, 0.1) is 4.64 Å². The summed E-state index contributed by atoms with van der Waals surface area (Å²) in [4.78, 5) is 42.4. The molecule has 16 heteroatoms. The van der Waals surface area contributed by atoms with Crippen LogP contribution in [0.4, 0.5) is 0 Å². The van der Waals surface area contributed by atoms with E-state index in [4.69, 9.17) is 26.7 Å². The van der Waals surface area contributed by atoms with E-state index in [0.717, 1.165) is 26.8 Å². The molecule has 0 bridgehead atoms. The lowest BCUT2D eigenvalue weighted by atomic mass is 9.91.